The molecule has 0 atom stereocenters. The number of halogens is 1. The molecule has 0 aliphatic rings. The largest absolute Gasteiger partial charge is 0.327 e. The molecule has 3 aromatic heterocycles. The maximum absolute atomic E-state index is 4.37. The molecule has 0 aromatic carbocycles. The quantitative estimate of drug-likeness (QED) is 0.583. The van der Waals surface area contributed by atoms with Crippen molar-refractivity contribution < 1.29 is 0 Å². The summed E-state index contributed by atoms with van der Waals surface area (Å²) in [6, 6.07) is 6.06. The molecule has 0 aliphatic heterocycles. The first-order chi connectivity index (χ1) is 7.27. The fraction of sp³-hybridized carbons (Fsp3) is 0.0909. The molecular formula is C11H8BrN3. The number of hydrogen-bond acceptors (Lipinski definition) is 2. The van der Waals surface area contributed by atoms with Crippen LogP contribution in [0.1, 0.15) is 0 Å². The van der Waals surface area contributed by atoms with Gasteiger partial charge in [0.2, 0.25) is 0 Å². The molecule has 3 aromatic rings. The smallest absolute Gasteiger partial charge is 0.140 e. The van der Waals surface area contributed by atoms with E-state index in [2.05, 4.69) is 36.5 Å². The van der Waals surface area contributed by atoms with Crippen LogP contribution >= 0.6 is 15.9 Å². The van der Waals surface area contributed by atoms with E-state index in [4.69, 9.17) is 0 Å². The molecule has 0 N–H and O–H groups in total. The van der Waals surface area contributed by atoms with Crippen LogP contribution in [0.3, 0.4) is 0 Å². The average molecular weight is 262 g/mol. The van der Waals surface area contributed by atoms with Crippen molar-refractivity contribution in [2.75, 3.05) is 0 Å². The Labute approximate surface area is 94.9 Å². The topological polar surface area (TPSA) is 30.7 Å². The van der Waals surface area contributed by atoms with Crippen molar-refractivity contribution in [3.05, 3.63) is 35.2 Å². The summed E-state index contributed by atoms with van der Waals surface area (Å²) in [7, 11) is 2.01. The number of aromatic nitrogens is 3. The third-order valence-corrected chi connectivity index (χ3v) is 3.04. The predicted octanol–water partition coefficient (Wildman–Crippen LogP) is 2.88. The fourth-order valence-corrected chi connectivity index (χ4v) is 2.23. The van der Waals surface area contributed by atoms with Crippen LogP contribution in [0.15, 0.2) is 35.2 Å². The third kappa shape index (κ3) is 1.18. The van der Waals surface area contributed by atoms with Crippen LogP contribution in [0.5, 0.6) is 0 Å². The Bertz CT molecular complexity index is 657. The summed E-state index contributed by atoms with van der Waals surface area (Å²) < 4.78 is 2.91. The SMILES string of the molecule is Cn1c2cnc(Br)cc2c2cccnc21. The Kier molecular flexibility index (Phi) is 1.79. The number of rotatable bonds is 0. The first kappa shape index (κ1) is 8.85. The maximum Gasteiger partial charge on any atom is 0.140 e. The van der Waals surface area contributed by atoms with Crippen molar-refractivity contribution in [2.45, 2.75) is 0 Å². The minimum atomic E-state index is 0.853. The Morgan fingerprint density at radius 2 is 2.13 bits per heavy atom. The molecule has 0 amide bonds. The van der Waals surface area contributed by atoms with Crippen molar-refractivity contribution in [3.8, 4) is 0 Å². The van der Waals surface area contributed by atoms with Crippen molar-refractivity contribution >= 4 is 37.9 Å². The third-order valence-electron chi connectivity index (χ3n) is 2.61. The number of nitrogens with zero attached hydrogens (tertiary/aromatic N) is 3. The van der Waals surface area contributed by atoms with Crippen molar-refractivity contribution in [3.63, 3.8) is 0 Å². The lowest BCUT2D eigenvalue weighted by Gasteiger charge is -1.95. The highest BCUT2D eigenvalue weighted by molar-refractivity contribution is 9.10. The lowest BCUT2D eigenvalue weighted by atomic mass is 10.2. The van der Waals surface area contributed by atoms with Crippen molar-refractivity contribution in [2.24, 2.45) is 7.05 Å². The van der Waals surface area contributed by atoms with Gasteiger partial charge in [-0.1, -0.05) is 0 Å². The minimum Gasteiger partial charge on any atom is -0.327 e. The summed E-state index contributed by atoms with van der Waals surface area (Å²) >= 11 is 3.39. The molecule has 4 heteroatoms. The van der Waals surface area contributed by atoms with Crippen LogP contribution in [0.25, 0.3) is 21.9 Å². The van der Waals surface area contributed by atoms with Gasteiger partial charge >= 0.3 is 0 Å². The zero-order valence-corrected chi connectivity index (χ0v) is 9.69. The summed E-state index contributed by atoms with van der Waals surface area (Å²) in [5.41, 5.74) is 2.10. The van der Waals surface area contributed by atoms with E-state index in [0.717, 1.165) is 21.2 Å². The standard InChI is InChI=1S/C11H8BrN3/c1-15-9-6-14-10(12)5-8(9)7-3-2-4-13-11(7)15/h2-6H,1H3. The molecule has 3 nitrogen and oxygen atoms in total. The monoisotopic (exact) mass is 261 g/mol. The second kappa shape index (κ2) is 3.03. The Balaban J connectivity index is 2.64. The van der Waals surface area contributed by atoms with Gasteiger partial charge in [0.05, 0.1) is 11.7 Å². The van der Waals surface area contributed by atoms with Crippen LogP contribution in [0.2, 0.25) is 0 Å². The van der Waals surface area contributed by atoms with Gasteiger partial charge in [-0.05, 0) is 34.1 Å². The Morgan fingerprint density at radius 1 is 1.27 bits per heavy atom. The molecule has 0 unspecified atom stereocenters. The van der Waals surface area contributed by atoms with E-state index < -0.39 is 0 Å². The molecule has 0 bridgehead atoms. The van der Waals surface area contributed by atoms with E-state index >= 15 is 0 Å². The summed E-state index contributed by atoms with van der Waals surface area (Å²) in [6.07, 6.45) is 3.67. The normalized spacial score (nSPS) is 11.3. The number of aryl methyl sites for hydroxylation is 1. The van der Waals surface area contributed by atoms with Crippen LogP contribution in [-0.2, 0) is 7.05 Å². The summed E-state index contributed by atoms with van der Waals surface area (Å²) in [5, 5.41) is 2.35. The minimum absolute atomic E-state index is 0.853. The summed E-state index contributed by atoms with van der Waals surface area (Å²) in [5.74, 6) is 0. The second-order valence-corrected chi connectivity index (χ2v) is 4.27. The molecule has 0 saturated heterocycles. The molecule has 0 radical (unpaired) electrons. The lowest BCUT2D eigenvalue weighted by Crippen LogP contribution is -1.88. The molecule has 0 aliphatic carbocycles. The highest BCUT2D eigenvalue weighted by Crippen LogP contribution is 2.27. The van der Waals surface area contributed by atoms with E-state index in [1.54, 1.807) is 0 Å². The summed E-state index contributed by atoms with van der Waals surface area (Å²) in [6.45, 7) is 0. The lowest BCUT2D eigenvalue weighted by molar-refractivity contribution is 0.984. The average Bonchev–Trinajstić information content (AvgIpc) is 2.54. The molecule has 0 saturated carbocycles. The van der Waals surface area contributed by atoms with Gasteiger partial charge in [0.1, 0.15) is 10.3 Å². The van der Waals surface area contributed by atoms with Crippen molar-refractivity contribution in [1.29, 1.82) is 0 Å². The van der Waals surface area contributed by atoms with E-state index in [0.29, 0.717) is 0 Å². The van der Waals surface area contributed by atoms with Crippen LogP contribution in [-0.4, -0.2) is 14.5 Å². The molecule has 3 heterocycles. The van der Waals surface area contributed by atoms with Gasteiger partial charge in [-0.25, -0.2) is 9.97 Å². The zero-order valence-electron chi connectivity index (χ0n) is 8.11. The van der Waals surface area contributed by atoms with E-state index in [-0.39, 0.29) is 0 Å². The number of hydrogen-bond donors (Lipinski definition) is 0. The first-order valence-electron chi connectivity index (χ1n) is 4.62. The highest BCUT2D eigenvalue weighted by Gasteiger charge is 2.08. The van der Waals surface area contributed by atoms with E-state index in [1.165, 1.54) is 5.39 Å². The maximum atomic E-state index is 4.37. The molecular weight excluding hydrogens is 254 g/mol. The summed E-state index contributed by atoms with van der Waals surface area (Å²) in [4.78, 5) is 8.60. The first-order valence-corrected chi connectivity index (χ1v) is 5.41. The second-order valence-electron chi connectivity index (χ2n) is 3.46. The van der Waals surface area contributed by atoms with E-state index in [1.807, 2.05) is 31.6 Å². The van der Waals surface area contributed by atoms with Crippen LogP contribution in [0.4, 0.5) is 0 Å². The molecule has 0 spiro atoms. The van der Waals surface area contributed by atoms with Crippen LogP contribution in [0, 0.1) is 0 Å². The molecule has 3 rings (SSSR count). The number of pyridine rings is 2. The van der Waals surface area contributed by atoms with Gasteiger partial charge in [-0.2, -0.15) is 0 Å². The van der Waals surface area contributed by atoms with Gasteiger partial charge in [0.15, 0.2) is 0 Å². The fourth-order valence-electron chi connectivity index (χ4n) is 1.89. The van der Waals surface area contributed by atoms with Gasteiger partial charge in [0.25, 0.3) is 0 Å². The van der Waals surface area contributed by atoms with Crippen molar-refractivity contribution in [1.82, 2.24) is 14.5 Å². The highest BCUT2D eigenvalue weighted by atomic mass is 79.9. The van der Waals surface area contributed by atoms with Gasteiger partial charge in [-0.15, -0.1) is 0 Å². The van der Waals surface area contributed by atoms with E-state index in [9.17, 15) is 0 Å². The van der Waals surface area contributed by atoms with Crippen LogP contribution < -0.4 is 0 Å². The van der Waals surface area contributed by atoms with Gasteiger partial charge in [0, 0.05) is 24.0 Å². The molecule has 0 fully saturated rings. The zero-order chi connectivity index (χ0) is 10.4. The Hall–Kier alpha value is -1.42. The number of fused-ring (bicyclic) bond motifs is 3. The van der Waals surface area contributed by atoms with Gasteiger partial charge < -0.3 is 4.57 Å². The molecule has 15 heavy (non-hydrogen) atoms. The molecule has 74 valence electrons. The Morgan fingerprint density at radius 3 is 3.00 bits per heavy atom. The van der Waals surface area contributed by atoms with Gasteiger partial charge in [-0.3, -0.25) is 0 Å². The predicted molar refractivity (Wildman–Crippen MR) is 63.7 cm³/mol.